The number of hydrogen-bond donors (Lipinski definition) is 4. The fraction of sp³-hybridized carbons (Fsp3) is 0.152. The van der Waals surface area contributed by atoms with Gasteiger partial charge in [0.1, 0.15) is 63.7 Å². The van der Waals surface area contributed by atoms with Gasteiger partial charge in [0.2, 0.25) is 11.8 Å². The topological polar surface area (TPSA) is 731 Å². The fourth-order valence-corrected chi connectivity index (χ4v) is 15.2. The van der Waals surface area contributed by atoms with Crippen molar-refractivity contribution in [1.29, 1.82) is 10.5 Å². The summed E-state index contributed by atoms with van der Waals surface area (Å²) in [6, 6.07) is 21.8. The van der Waals surface area contributed by atoms with E-state index in [2.05, 4.69) is 50.4 Å². The molecule has 4 N–H and O–H groups in total. The molecular weight excluding hydrogens is 1710 g/mol. The predicted octanol–water partition coefficient (Wildman–Crippen LogP) is 8.36. The summed E-state index contributed by atoms with van der Waals surface area (Å²) in [5.74, 6) is -7.10. The van der Waals surface area contributed by atoms with Crippen LogP contribution in [0.1, 0.15) is 61.8 Å². The zero-order valence-corrected chi connectivity index (χ0v) is 65.6. The number of unbranched alkanes of at least 4 members (excludes halogenated alkanes) is 2. The van der Waals surface area contributed by atoms with Gasteiger partial charge in [-0.3, -0.25) is 48.4 Å². The molecule has 0 aliphatic carbocycles. The monoisotopic (exact) mass is 1760 g/mol. The third-order valence-corrected chi connectivity index (χ3v) is 22.6. The number of benzene rings is 8. The molecule has 44 nitrogen and oxygen atoms in total. The molecule has 0 saturated heterocycles. The Bertz CT molecular complexity index is 6490. The largest absolute Gasteiger partial charge is 3.00 e. The van der Waals surface area contributed by atoms with E-state index in [9.17, 15) is 140 Å². The van der Waals surface area contributed by atoms with Crippen molar-refractivity contribution in [2.75, 3.05) is 9.44 Å². The van der Waals surface area contributed by atoms with E-state index in [-0.39, 0.29) is 120 Å². The quantitative estimate of drug-likeness (QED) is 0.0171. The van der Waals surface area contributed by atoms with Gasteiger partial charge in [0.25, 0.3) is 42.5 Å². The number of aromatic nitrogens is 2. The van der Waals surface area contributed by atoms with Gasteiger partial charge in [0.15, 0.2) is 11.4 Å². The van der Waals surface area contributed by atoms with Gasteiger partial charge < -0.3 is 48.9 Å². The number of aromatic hydroxyl groups is 2. The van der Waals surface area contributed by atoms with E-state index in [4.69, 9.17) is 0 Å². The summed E-state index contributed by atoms with van der Waals surface area (Å²) < 4.78 is 202. The summed E-state index contributed by atoms with van der Waals surface area (Å²) >= 11 is 0. The van der Waals surface area contributed by atoms with Gasteiger partial charge in [-0.2, -0.15) is 31.0 Å². The van der Waals surface area contributed by atoms with Crippen molar-refractivity contribution in [1.82, 2.24) is 9.13 Å². The van der Waals surface area contributed by atoms with E-state index < -0.39 is 181 Å². The summed E-state index contributed by atoms with van der Waals surface area (Å²) in [6.07, 6.45) is 2.43. The van der Waals surface area contributed by atoms with Gasteiger partial charge in [0.05, 0.1) is 73.3 Å². The molecule has 0 amide bonds. The van der Waals surface area contributed by atoms with Crippen LogP contribution in [-0.4, -0.2) is 97.9 Å². The fourth-order valence-electron chi connectivity index (χ4n) is 10.6. The van der Waals surface area contributed by atoms with E-state index in [1.807, 2.05) is 26.0 Å². The standard InChI is InChI=1S/2C33H28N8O14S3.Cr/c2*1-3-4-11-40-32(44)24(16-34)17(2)28(33(40)45)37-35-19-7-9-22(10-8-19)56(48,49)39-20-6-5-18-12-26(57(50,51)52)29(30(42)23(18)13-20)38-36-25-14-21(41(46)47)15-27(31(25)43)58(53,54)55;/h2*5-10,12-15,39,42-44H,3-4,11H2,1-2H3,(H,50,51,52)(H,53,54,55);/q;;+3/p-8. The van der Waals surface area contributed by atoms with Crippen LogP contribution in [0.4, 0.5) is 68.2 Å². The van der Waals surface area contributed by atoms with Crippen LogP contribution in [0.3, 0.4) is 0 Å². The second-order valence-corrected chi connectivity index (χ2v) is 32.8. The predicted molar refractivity (Wildman–Crippen MR) is 388 cm³/mol. The maximum atomic E-state index is 13.5. The summed E-state index contributed by atoms with van der Waals surface area (Å²) in [7, 11) is -31.1. The molecule has 0 aliphatic heterocycles. The van der Waals surface area contributed by atoms with Gasteiger partial charge in [0, 0.05) is 59.9 Å². The number of fused-ring (bicyclic) bond motifs is 2. The zero-order chi connectivity index (χ0) is 85.8. The minimum Gasteiger partial charge on any atom is -0.871 e. The Morgan fingerprint density at radius 3 is 1.04 bits per heavy atom. The first-order valence-corrected chi connectivity index (χ1v) is 40.8. The summed E-state index contributed by atoms with van der Waals surface area (Å²) in [6.45, 7) is 6.79. The molecule has 0 unspecified atom stereocenters. The van der Waals surface area contributed by atoms with Crippen molar-refractivity contribution < 1.29 is 127 Å². The Hall–Kier alpha value is -13.2. The number of nitrogens with one attached hydrogen (secondary N) is 2. The molecule has 607 valence electrons. The zero-order valence-electron chi connectivity index (χ0n) is 59.4. The number of nitriles is 2. The molecule has 10 rings (SSSR count). The third kappa shape index (κ3) is 19.6. The first kappa shape index (κ1) is 89.4. The number of sulfonamides is 2. The van der Waals surface area contributed by atoms with Gasteiger partial charge >= 0.3 is 17.4 Å². The number of rotatable bonds is 26. The van der Waals surface area contributed by atoms with Crippen molar-refractivity contribution in [3.63, 3.8) is 0 Å². The number of nitro groups is 2. The number of anilines is 2. The number of hydrogen-bond acceptors (Lipinski definition) is 38. The van der Waals surface area contributed by atoms with Crippen molar-refractivity contribution in [3.8, 4) is 46.9 Å². The summed E-state index contributed by atoms with van der Waals surface area (Å²) in [5.41, 5.74) is -9.43. The molecule has 0 spiro atoms. The van der Waals surface area contributed by atoms with Crippen LogP contribution in [0.25, 0.3) is 21.5 Å². The first-order valence-electron chi connectivity index (χ1n) is 32.2. The summed E-state index contributed by atoms with van der Waals surface area (Å²) in [5, 5.41) is 142. The molecule has 0 bridgehead atoms. The Kier molecular flexibility index (Phi) is 26.7. The van der Waals surface area contributed by atoms with Gasteiger partial charge in [-0.25, -0.2) is 50.5 Å². The third-order valence-electron chi connectivity index (χ3n) is 16.5. The number of azo groups is 4. The molecule has 2 heterocycles. The molecule has 1 radical (unpaired) electrons. The van der Waals surface area contributed by atoms with Gasteiger partial charge in [-0.15, -0.1) is 20.5 Å². The van der Waals surface area contributed by atoms with Crippen LogP contribution in [0.15, 0.2) is 201 Å². The second kappa shape index (κ2) is 34.9. The molecule has 51 heteroatoms. The second-order valence-electron chi connectivity index (χ2n) is 24.1. The van der Waals surface area contributed by atoms with E-state index in [1.54, 1.807) is 0 Å². The Morgan fingerprint density at radius 2 is 0.752 bits per heavy atom. The van der Waals surface area contributed by atoms with Crippen LogP contribution in [0, 0.1) is 56.7 Å². The average Bonchev–Trinajstić information content (AvgIpc) is 0.765. The van der Waals surface area contributed by atoms with Crippen LogP contribution in [-0.2, 0) is 91.0 Å². The smallest absolute Gasteiger partial charge is 0.871 e. The van der Waals surface area contributed by atoms with Crippen LogP contribution in [0.2, 0.25) is 0 Å². The maximum absolute atomic E-state index is 13.5. The molecule has 117 heavy (non-hydrogen) atoms. The van der Waals surface area contributed by atoms with E-state index >= 15 is 0 Å². The van der Waals surface area contributed by atoms with Crippen molar-refractivity contribution in [2.24, 2.45) is 40.9 Å². The first-order chi connectivity index (χ1) is 54.2. The van der Waals surface area contributed by atoms with Crippen LogP contribution < -0.4 is 41.0 Å². The number of pyridine rings is 2. The normalized spacial score (nSPS) is 12.2. The number of non-ortho nitro benzene ring substituents is 2. The van der Waals surface area contributed by atoms with Gasteiger partial charge in [-0.05, 0) is 133 Å². The molecular formula is C66H48CrN16O28S6-5. The van der Waals surface area contributed by atoms with Crippen molar-refractivity contribution in [3.05, 3.63) is 185 Å². The molecule has 10 aromatic rings. The number of nitro benzene ring substituents is 2. The molecule has 0 aliphatic rings. The average molecular weight is 1760 g/mol. The van der Waals surface area contributed by atoms with Crippen LogP contribution in [0.5, 0.6) is 34.8 Å². The van der Waals surface area contributed by atoms with Gasteiger partial charge in [-0.1, -0.05) is 61.8 Å². The molecule has 0 atom stereocenters. The SMILES string of the molecule is CCCCn1c(O)c(C#N)c(C)c(N=Nc2ccc(S(=O)(=O)Nc3ccc4cc(S(=O)(=O)[O-])c(N=Nc5cc([N+](=O)[O-])cc(S(=O)(=O)[O-])c5[O-])c([O-])c4c3)cc2)c1=O.CCCCn1c(O)c(C#N)c(C)c(N=Nc2ccc(S(=O)(=O)Nc3ccc4cc(S(=O)(=O)[O-])c(N=Nc5cc([N+](=O)[O-])cc(S(=O)(=O)[O-])c5[O-])c([O-])c4c3)cc2)c1=O.[Cr+3]. The van der Waals surface area contributed by atoms with Crippen molar-refractivity contribution in [2.45, 2.75) is 95.8 Å². The Morgan fingerprint density at radius 1 is 0.436 bits per heavy atom. The Balaban J connectivity index is 0.000000290. The molecule has 0 fully saturated rings. The van der Waals surface area contributed by atoms with Crippen molar-refractivity contribution >= 4 is 150 Å². The summed E-state index contributed by atoms with van der Waals surface area (Å²) in [4.78, 5) is 39.9. The number of nitrogens with zero attached hydrogens (tertiary/aromatic N) is 14. The minimum absolute atomic E-state index is 0. The van der Waals surface area contributed by atoms with E-state index in [0.717, 1.165) is 69.8 Å². The van der Waals surface area contributed by atoms with Crippen LogP contribution >= 0.6 is 0 Å². The molecule has 2 aromatic heterocycles. The molecule has 0 saturated carbocycles. The minimum atomic E-state index is -5.60. The van der Waals surface area contributed by atoms with E-state index in [1.165, 1.54) is 38.1 Å². The molecule has 8 aromatic carbocycles. The maximum Gasteiger partial charge on any atom is 3.00 e. The van der Waals surface area contributed by atoms with E-state index in [0.29, 0.717) is 49.9 Å². The Labute approximate surface area is 669 Å².